The predicted molar refractivity (Wildman–Crippen MR) is 70.4 cm³/mol. The summed E-state index contributed by atoms with van der Waals surface area (Å²) in [6.07, 6.45) is 0. The first-order valence-electron chi connectivity index (χ1n) is 6.09. The quantitative estimate of drug-likeness (QED) is 0.819. The summed E-state index contributed by atoms with van der Waals surface area (Å²) in [5.74, 6) is 0.273. The Hall–Kier alpha value is -1.35. The molecule has 17 heavy (non-hydrogen) atoms. The molecule has 0 unspecified atom stereocenters. The van der Waals surface area contributed by atoms with Crippen molar-refractivity contribution in [2.45, 2.75) is 27.7 Å². The minimum Gasteiger partial charge on any atom is -0.325 e. The lowest BCUT2D eigenvalue weighted by atomic mass is 9.97. The Bertz CT molecular complexity index is 436. The van der Waals surface area contributed by atoms with Crippen molar-refractivity contribution >= 4 is 11.6 Å². The molecular formula is C14H20N2O. The zero-order chi connectivity index (χ0) is 12.6. The molecule has 2 N–H and O–H groups in total. The highest BCUT2D eigenvalue weighted by Crippen LogP contribution is 2.27. The van der Waals surface area contributed by atoms with Crippen LogP contribution in [0.4, 0.5) is 5.69 Å². The summed E-state index contributed by atoms with van der Waals surface area (Å²) in [7, 11) is 0. The number of hydrogen-bond acceptors (Lipinski definition) is 2. The van der Waals surface area contributed by atoms with E-state index in [1.54, 1.807) is 0 Å². The molecule has 92 valence electrons. The predicted octanol–water partition coefficient (Wildman–Crippen LogP) is 2.08. The molecular weight excluding hydrogens is 212 g/mol. The van der Waals surface area contributed by atoms with Gasteiger partial charge in [-0.3, -0.25) is 4.79 Å². The molecule has 1 heterocycles. The molecule has 1 saturated heterocycles. The van der Waals surface area contributed by atoms with Crippen molar-refractivity contribution < 1.29 is 4.79 Å². The third-order valence-corrected chi connectivity index (χ3v) is 3.77. The molecule has 0 radical (unpaired) electrons. The SMILES string of the molecule is Cc1cc(C)c(C)c(NC(=O)C2CNC2)c1C. The highest BCUT2D eigenvalue weighted by Gasteiger charge is 2.25. The molecule has 0 bridgehead atoms. The molecule has 1 aromatic rings. The van der Waals surface area contributed by atoms with Crippen LogP contribution in [-0.4, -0.2) is 19.0 Å². The molecule has 0 aliphatic carbocycles. The Morgan fingerprint density at radius 2 is 1.71 bits per heavy atom. The third-order valence-electron chi connectivity index (χ3n) is 3.77. The first kappa shape index (κ1) is 12.1. The molecule has 0 spiro atoms. The molecule has 3 nitrogen and oxygen atoms in total. The minimum atomic E-state index is 0.134. The first-order valence-corrected chi connectivity index (χ1v) is 6.09. The van der Waals surface area contributed by atoms with E-state index in [0.717, 1.165) is 18.8 Å². The Morgan fingerprint density at radius 3 is 2.12 bits per heavy atom. The van der Waals surface area contributed by atoms with Crippen molar-refractivity contribution in [3.8, 4) is 0 Å². The molecule has 1 amide bonds. The molecule has 0 aromatic heterocycles. The standard InChI is InChI=1S/C14H20N2O/c1-8-5-9(2)11(4)13(10(8)3)16-14(17)12-6-15-7-12/h5,12,15H,6-7H2,1-4H3,(H,16,17). The topological polar surface area (TPSA) is 41.1 Å². The fourth-order valence-corrected chi connectivity index (χ4v) is 2.10. The van der Waals surface area contributed by atoms with E-state index in [0.29, 0.717) is 0 Å². The highest BCUT2D eigenvalue weighted by atomic mass is 16.2. The molecule has 1 aromatic carbocycles. The fraction of sp³-hybridized carbons (Fsp3) is 0.500. The molecule has 2 rings (SSSR count). The Kier molecular flexibility index (Phi) is 3.20. The smallest absolute Gasteiger partial charge is 0.230 e. The maximum atomic E-state index is 12.0. The van der Waals surface area contributed by atoms with Crippen LogP contribution >= 0.6 is 0 Å². The van der Waals surface area contributed by atoms with Gasteiger partial charge >= 0.3 is 0 Å². The second kappa shape index (κ2) is 4.49. The van der Waals surface area contributed by atoms with Crippen molar-refractivity contribution in [3.05, 3.63) is 28.3 Å². The monoisotopic (exact) mass is 232 g/mol. The summed E-state index contributed by atoms with van der Waals surface area (Å²) in [6.45, 7) is 9.90. The summed E-state index contributed by atoms with van der Waals surface area (Å²) < 4.78 is 0. The van der Waals surface area contributed by atoms with Crippen LogP contribution in [-0.2, 0) is 4.79 Å². The van der Waals surface area contributed by atoms with E-state index in [4.69, 9.17) is 0 Å². The Labute approximate surface area is 103 Å². The van der Waals surface area contributed by atoms with Crippen molar-refractivity contribution in [3.63, 3.8) is 0 Å². The van der Waals surface area contributed by atoms with Crippen LogP contribution in [0.15, 0.2) is 6.07 Å². The van der Waals surface area contributed by atoms with Crippen LogP contribution < -0.4 is 10.6 Å². The summed E-state index contributed by atoms with van der Waals surface area (Å²) in [4.78, 5) is 12.0. The number of rotatable bonds is 2. The molecule has 3 heteroatoms. The zero-order valence-corrected chi connectivity index (χ0v) is 11.0. The van der Waals surface area contributed by atoms with Crippen molar-refractivity contribution in [1.29, 1.82) is 0 Å². The number of hydrogen-bond donors (Lipinski definition) is 2. The zero-order valence-electron chi connectivity index (χ0n) is 11.0. The normalized spacial score (nSPS) is 15.5. The van der Waals surface area contributed by atoms with Crippen LogP contribution in [0.1, 0.15) is 22.3 Å². The average molecular weight is 232 g/mol. The van der Waals surface area contributed by atoms with Crippen molar-refractivity contribution in [1.82, 2.24) is 5.32 Å². The lowest BCUT2D eigenvalue weighted by Gasteiger charge is -2.27. The number of nitrogens with one attached hydrogen (secondary N) is 2. The highest BCUT2D eigenvalue weighted by molar-refractivity contribution is 5.95. The third kappa shape index (κ3) is 2.20. The van der Waals surface area contributed by atoms with Crippen LogP contribution in [0, 0.1) is 33.6 Å². The van der Waals surface area contributed by atoms with Gasteiger partial charge in [0.25, 0.3) is 0 Å². The molecule has 0 saturated carbocycles. The summed E-state index contributed by atoms with van der Waals surface area (Å²) in [5, 5.41) is 6.20. The van der Waals surface area contributed by atoms with E-state index in [2.05, 4.69) is 44.4 Å². The lowest BCUT2D eigenvalue weighted by Crippen LogP contribution is -2.48. The van der Waals surface area contributed by atoms with Crippen molar-refractivity contribution in [2.75, 3.05) is 18.4 Å². The molecule has 1 aliphatic heterocycles. The number of carbonyl (C=O) groups excluding carboxylic acids is 1. The van der Waals surface area contributed by atoms with Gasteiger partial charge in [-0.05, 0) is 49.9 Å². The van der Waals surface area contributed by atoms with Gasteiger partial charge in [0.2, 0.25) is 5.91 Å². The fourth-order valence-electron chi connectivity index (χ4n) is 2.10. The maximum Gasteiger partial charge on any atom is 0.230 e. The summed E-state index contributed by atoms with van der Waals surface area (Å²) in [5.41, 5.74) is 5.81. The lowest BCUT2D eigenvalue weighted by molar-refractivity contribution is -0.121. The second-order valence-electron chi connectivity index (χ2n) is 4.98. The second-order valence-corrected chi connectivity index (χ2v) is 4.98. The van der Waals surface area contributed by atoms with E-state index in [1.165, 1.54) is 22.3 Å². The maximum absolute atomic E-state index is 12.0. The van der Waals surface area contributed by atoms with E-state index in [9.17, 15) is 4.79 Å². The van der Waals surface area contributed by atoms with Crippen LogP contribution in [0.5, 0.6) is 0 Å². The Morgan fingerprint density at radius 1 is 1.18 bits per heavy atom. The van der Waals surface area contributed by atoms with Gasteiger partial charge < -0.3 is 10.6 Å². The summed E-state index contributed by atoms with van der Waals surface area (Å²) in [6, 6.07) is 2.17. The average Bonchev–Trinajstić information content (AvgIpc) is 2.19. The number of benzene rings is 1. The summed E-state index contributed by atoms with van der Waals surface area (Å²) >= 11 is 0. The van der Waals surface area contributed by atoms with Gasteiger partial charge in [0, 0.05) is 18.8 Å². The number of aryl methyl sites for hydroxylation is 2. The van der Waals surface area contributed by atoms with Crippen LogP contribution in [0.25, 0.3) is 0 Å². The first-order chi connectivity index (χ1) is 8.00. The van der Waals surface area contributed by atoms with Gasteiger partial charge in [0.05, 0.1) is 5.92 Å². The van der Waals surface area contributed by atoms with Crippen LogP contribution in [0.2, 0.25) is 0 Å². The number of amides is 1. The minimum absolute atomic E-state index is 0.134. The van der Waals surface area contributed by atoms with Gasteiger partial charge in [-0.25, -0.2) is 0 Å². The van der Waals surface area contributed by atoms with Gasteiger partial charge in [0.15, 0.2) is 0 Å². The van der Waals surface area contributed by atoms with E-state index in [-0.39, 0.29) is 11.8 Å². The van der Waals surface area contributed by atoms with Crippen molar-refractivity contribution in [2.24, 2.45) is 5.92 Å². The van der Waals surface area contributed by atoms with E-state index < -0.39 is 0 Å². The van der Waals surface area contributed by atoms with Gasteiger partial charge in [-0.15, -0.1) is 0 Å². The number of carbonyl (C=O) groups is 1. The molecule has 0 atom stereocenters. The number of anilines is 1. The van der Waals surface area contributed by atoms with Gasteiger partial charge in [-0.1, -0.05) is 6.07 Å². The molecule has 1 aliphatic rings. The van der Waals surface area contributed by atoms with Gasteiger partial charge in [0.1, 0.15) is 0 Å². The van der Waals surface area contributed by atoms with E-state index in [1.807, 2.05) is 0 Å². The largest absolute Gasteiger partial charge is 0.325 e. The van der Waals surface area contributed by atoms with E-state index >= 15 is 0 Å². The molecule has 1 fully saturated rings. The van der Waals surface area contributed by atoms with Crippen LogP contribution in [0.3, 0.4) is 0 Å². The Balaban J connectivity index is 2.28. The van der Waals surface area contributed by atoms with Gasteiger partial charge in [-0.2, -0.15) is 0 Å².